The molecule has 112 valence electrons. The zero-order chi connectivity index (χ0) is 15.6. The smallest absolute Gasteiger partial charge is 0.133 e. The van der Waals surface area contributed by atoms with Crippen LogP contribution in [0.2, 0.25) is 0 Å². The van der Waals surface area contributed by atoms with Crippen LogP contribution in [0.25, 0.3) is 0 Å². The molecule has 0 saturated heterocycles. The van der Waals surface area contributed by atoms with Gasteiger partial charge in [0, 0.05) is 10.0 Å². The quantitative estimate of drug-likeness (QED) is 0.782. The van der Waals surface area contributed by atoms with E-state index in [0.29, 0.717) is 5.75 Å². The Morgan fingerprint density at radius 3 is 2.43 bits per heavy atom. The van der Waals surface area contributed by atoms with Gasteiger partial charge in [0.15, 0.2) is 0 Å². The summed E-state index contributed by atoms with van der Waals surface area (Å²) in [7, 11) is 0. The maximum Gasteiger partial charge on any atom is 0.133 e. The third-order valence-corrected chi connectivity index (χ3v) is 3.84. The van der Waals surface area contributed by atoms with E-state index >= 15 is 0 Å². The molecule has 2 rings (SSSR count). The van der Waals surface area contributed by atoms with Crippen LogP contribution < -0.4 is 4.74 Å². The molecule has 0 aromatic heterocycles. The van der Waals surface area contributed by atoms with E-state index in [1.165, 1.54) is 5.56 Å². The third-order valence-electron chi connectivity index (χ3n) is 3.35. The Labute approximate surface area is 134 Å². The molecule has 0 fully saturated rings. The largest absolute Gasteiger partial charge is 0.457 e. The average Bonchev–Trinajstić information content (AvgIpc) is 2.40. The van der Waals surface area contributed by atoms with Crippen LogP contribution in [0.1, 0.15) is 44.9 Å². The molecule has 0 heterocycles. The molecule has 1 unspecified atom stereocenters. The minimum atomic E-state index is -0.580. The molecule has 1 atom stereocenters. The summed E-state index contributed by atoms with van der Waals surface area (Å²) in [4.78, 5) is 0. The van der Waals surface area contributed by atoms with E-state index in [9.17, 15) is 5.11 Å². The summed E-state index contributed by atoms with van der Waals surface area (Å²) in [6, 6.07) is 13.7. The van der Waals surface area contributed by atoms with Gasteiger partial charge < -0.3 is 9.84 Å². The molecule has 2 aromatic rings. The zero-order valence-electron chi connectivity index (χ0n) is 12.9. The van der Waals surface area contributed by atoms with Crippen LogP contribution in [0.3, 0.4) is 0 Å². The van der Waals surface area contributed by atoms with Gasteiger partial charge in [-0.05, 0) is 48.2 Å². The molecule has 0 aliphatic heterocycles. The van der Waals surface area contributed by atoms with Crippen molar-refractivity contribution in [2.45, 2.75) is 39.2 Å². The second-order valence-corrected chi connectivity index (χ2v) is 7.15. The lowest BCUT2D eigenvalue weighted by atomic mass is 9.87. The van der Waals surface area contributed by atoms with Gasteiger partial charge in [-0.3, -0.25) is 0 Å². The maximum atomic E-state index is 9.89. The predicted octanol–water partition coefficient (Wildman–Crippen LogP) is 5.59. The lowest BCUT2D eigenvalue weighted by Crippen LogP contribution is -2.10. The number of aliphatic hydroxyl groups is 1. The second-order valence-electron chi connectivity index (χ2n) is 6.24. The standard InChI is InChI=1S/C18H21BrO2/c1-12(20)16-11-14(19)8-9-17(16)21-15-7-5-6-13(10-15)18(2,3)4/h5-12,20H,1-4H3. The van der Waals surface area contributed by atoms with Crippen LogP contribution in [-0.2, 0) is 5.41 Å². The van der Waals surface area contributed by atoms with Gasteiger partial charge in [-0.15, -0.1) is 0 Å². The number of hydrogen-bond donors (Lipinski definition) is 1. The van der Waals surface area contributed by atoms with Crippen LogP contribution in [0.15, 0.2) is 46.9 Å². The van der Waals surface area contributed by atoms with E-state index in [1.54, 1.807) is 6.92 Å². The zero-order valence-corrected chi connectivity index (χ0v) is 14.4. The predicted molar refractivity (Wildman–Crippen MR) is 90.0 cm³/mol. The van der Waals surface area contributed by atoms with Gasteiger partial charge in [-0.2, -0.15) is 0 Å². The van der Waals surface area contributed by atoms with Gasteiger partial charge in [0.05, 0.1) is 6.10 Å². The molecular formula is C18H21BrO2. The molecular weight excluding hydrogens is 328 g/mol. The number of benzene rings is 2. The molecule has 2 aromatic carbocycles. The number of hydrogen-bond acceptors (Lipinski definition) is 2. The van der Waals surface area contributed by atoms with E-state index in [-0.39, 0.29) is 5.41 Å². The van der Waals surface area contributed by atoms with Crippen molar-refractivity contribution >= 4 is 15.9 Å². The Balaban J connectivity index is 2.35. The van der Waals surface area contributed by atoms with E-state index in [4.69, 9.17) is 4.74 Å². The van der Waals surface area contributed by atoms with Gasteiger partial charge in [-0.1, -0.05) is 48.8 Å². The van der Waals surface area contributed by atoms with Crippen LogP contribution in [0.4, 0.5) is 0 Å². The van der Waals surface area contributed by atoms with E-state index in [1.807, 2.05) is 36.4 Å². The lowest BCUT2D eigenvalue weighted by Gasteiger charge is -2.20. The first kappa shape index (κ1) is 16.1. The van der Waals surface area contributed by atoms with Crippen molar-refractivity contribution in [3.63, 3.8) is 0 Å². The van der Waals surface area contributed by atoms with Crippen LogP contribution >= 0.6 is 15.9 Å². The van der Waals surface area contributed by atoms with Crippen molar-refractivity contribution in [1.82, 2.24) is 0 Å². The number of aliphatic hydroxyl groups excluding tert-OH is 1. The summed E-state index contributed by atoms with van der Waals surface area (Å²) in [5.41, 5.74) is 2.06. The molecule has 0 bridgehead atoms. The van der Waals surface area contributed by atoms with Crippen molar-refractivity contribution < 1.29 is 9.84 Å². The first-order valence-corrected chi connectivity index (χ1v) is 7.82. The summed E-state index contributed by atoms with van der Waals surface area (Å²) in [6.07, 6.45) is -0.580. The summed E-state index contributed by atoms with van der Waals surface area (Å²) in [5, 5.41) is 9.89. The Hall–Kier alpha value is -1.32. The first-order chi connectivity index (χ1) is 9.77. The third kappa shape index (κ3) is 4.08. The molecule has 0 saturated carbocycles. The molecule has 0 aliphatic carbocycles. The minimum Gasteiger partial charge on any atom is -0.457 e. The summed E-state index contributed by atoms with van der Waals surface area (Å²) in [6.45, 7) is 8.26. The first-order valence-electron chi connectivity index (χ1n) is 7.03. The molecule has 0 aliphatic rings. The summed E-state index contributed by atoms with van der Waals surface area (Å²) >= 11 is 3.42. The van der Waals surface area contributed by atoms with Gasteiger partial charge in [0.2, 0.25) is 0 Å². The Morgan fingerprint density at radius 1 is 1.10 bits per heavy atom. The molecule has 2 nitrogen and oxygen atoms in total. The highest BCUT2D eigenvalue weighted by molar-refractivity contribution is 9.10. The van der Waals surface area contributed by atoms with Crippen molar-refractivity contribution in [2.24, 2.45) is 0 Å². The molecule has 0 radical (unpaired) electrons. The van der Waals surface area contributed by atoms with Gasteiger partial charge in [-0.25, -0.2) is 0 Å². The molecule has 3 heteroatoms. The van der Waals surface area contributed by atoms with Crippen molar-refractivity contribution in [3.8, 4) is 11.5 Å². The van der Waals surface area contributed by atoms with E-state index < -0.39 is 6.10 Å². The van der Waals surface area contributed by atoms with Crippen LogP contribution in [0.5, 0.6) is 11.5 Å². The fourth-order valence-electron chi connectivity index (χ4n) is 2.09. The van der Waals surface area contributed by atoms with Gasteiger partial charge >= 0.3 is 0 Å². The highest BCUT2D eigenvalue weighted by Gasteiger charge is 2.15. The number of ether oxygens (including phenoxy) is 1. The van der Waals surface area contributed by atoms with Crippen molar-refractivity contribution in [3.05, 3.63) is 58.1 Å². The Morgan fingerprint density at radius 2 is 1.81 bits per heavy atom. The fraction of sp³-hybridized carbons (Fsp3) is 0.333. The number of rotatable bonds is 3. The molecule has 21 heavy (non-hydrogen) atoms. The fourth-order valence-corrected chi connectivity index (χ4v) is 2.47. The molecule has 0 spiro atoms. The van der Waals surface area contributed by atoms with Crippen molar-refractivity contribution in [1.29, 1.82) is 0 Å². The summed E-state index contributed by atoms with van der Waals surface area (Å²) in [5.74, 6) is 1.46. The maximum absolute atomic E-state index is 9.89. The number of halogens is 1. The van der Waals surface area contributed by atoms with Crippen molar-refractivity contribution in [2.75, 3.05) is 0 Å². The van der Waals surface area contributed by atoms with Crippen LogP contribution in [-0.4, -0.2) is 5.11 Å². The summed E-state index contributed by atoms with van der Waals surface area (Å²) < 4.78 is 6.91. The SMILES string of the molecule is CC(O)c1cc(Br)ccc1Oc1cccc(C(C)(C)C)c1. The topological polar surface area (TPSA) is 29.5 Å². The lowest BCUT2D eigenvalue weighted by molar-refractivity contribution is 0.195. The Bertz CT molecular complexity index is 627. The molecule has 1 N–H and O–H groups in total. The highest BCUT2D eigenvalue weighted by atomic mass is 79.9. The van der Waals surface area contributed by atoms with Gasteiger partial charge in [0.25, 0.3) is 0 Å². The van der Waals surface area contributed by atoms with Gasteiger partial charge in [0.1, 0.15) is 11.5 Å². The molecule has 0 amide bonds. The second kappa shape index (κ2) is 6.20. The van der Waals surface area contributed by atoms with E-state index in [0.717, 1.165) is 15.8 Å². The average molecular weight is 349 g/mol. The van der Waals surface area contributed by atoms with Crippen LogP contribution in [0, 0.1) is 0 Å². The minimum absolute atomic E-state index is 0.0756. The monoisotopic (exact) mass is 348 g/mol. The highest BCUT2D eigenvalue weighted by Crippen LogP contribution is 2.33. The Kier molecular flexibility index (Phi) is 4.74. The van der Waals surface area contributed by atoms with E-state index in [2.05, 4.69) is 42.8 Å². The normalized spacial score (nSPS) is 13.0.